The minimum Gasteiger partial charge on any atom is -0.508 e. The number of phenols is 1. The molecule has 1 aliphatic heterocycles. The van der Waals surface area contributed by atoms with Crippen LogP contribution in [0, 0.1) is 5.82 Å². The number of hydrogen-bond acceptors (Lipinski definition) is 3. The highest BCUT2D eigenvalue weighted by Crippen LogP contribution is 2.36. The van der Waals surface area contributed by atoms with Crippen molar-refractivity contribution in [1.82, 2.24) is 4.90 Å². The highest BCUT2D eigenvalue weighted by molar-refractivity contribution is 5.66. The molecule has 0 aromatic heterocycles. The van der Waals surface area contributed by atoms with Gasteiger partial charge in [0.25, 0.3) is 0 Å². The molecule has 6 heteroatoms. The molecule has 0 aliphatic carbocycles. The number of likely N-dealkylation sites (tertiary alicyclic amines) is 1. The molecule has 3 aromatic carbocycles. The van der Waals surface area contributed by atoms with Crippen molar-refractivity contribution < 1.29 is 24.1 Å². The van der Waals surface area contributed by atoms with Gasteiger partial charge in [0.05, 0.1) is 13.2 Å². The van der Waals surface area contributed by atoms with E-state index in [1.165, 1.54) is 17.0 Å². The monoisotopic (exact) mass is 435 g/mol. The maximum atomic E-state index is 13.2. The van der Waals surface area contributed by atoms with Gasteiger partial charge in [0.15, 0.2) is 0 Å². The molecule has 1 fully saturated rings. The molecule has 0 radical (unpaired) electrons. The summed E-state index contributed by atoms with van der Waals surface area (Å²) in [6.45, 7) is 1.69. The number of phenolic OH excluding ortho intramolecular Hbond substituents is 1. The summed E-state index contributed by atoms with van der Waals surface area (Å²) < 4.78 is 19.4. The van der Waals surface area contributed by atoms with Crippen LogP contribution in [-0.4, -0.2) is 40.9 Å². The number of amides is 1. The van der Waals surface area contributed by atoms with Crippen molar-refractivity contribution in [3.05, 3.63) is 89.7 Å². The van der Waals surface area contributed by atoms with Crippen LogP contribution in [0.3, 0.4) is 0 Å². The first-order valence-electron chi connectivity index (χ1n) is 10.7. The van der Waals surface area contributed by atoms with E-state index in [4.69, 9.17) is 4.74 Å². The van der Waals surface area contributed by atoms with E-state index in [1.807, 2.05) is 24.3 Å². The molecule has 0 saturated carbocycles. The van der Waals surface area contributed by atoms with Crippen LogP contribution in [-0.2, 0) is 16.8 Å². The smallest absolute Gasteiger partial charge is 0.407 e. The van der Waals surface area contributed by atoms with Gasteiger partial charge in [-0.2, -0.15) is 0 Å². The Morgan fingerprint density at radius 1 is 0.969 bits per heavy atom. The van der Waals surface area contributed by atoms with E-state index in [0.29, 0.717) is 39.1 Å². The maximum Gasteiger partial charge on any atom is 0.407 e. The molecule has 166 valence electrons. The summed E-state index contributed by atoms with van der Waals surface area (Å²) in [6.07, 6.45) is 0.481. The van der Waals surface area contributed by atoms with Gasteiger partial charge in [0.1, 0.15) is 11.6 Å². The van der Waals surface area contributed by atoms with Crippen LogP contribution < -0.4 is 0 Å². The van der Waals surface area contributed by atoms with Crippen LogP contribution in [0.15, 0.2) is 72.8 Å². The zero-order valence-electron chi connectivity index (χ0n) is 17.7. The van der Waals surface area contributed by atoms with Crippen LogP contribution >= 0.6 is 0 Å². The number of aromatic hydroxyl groups is 1. The van der Waals surface area contributed by atoms with E-state index in [-0.39, 0.29) is 17.0 Å². The van der Waals surface area contributed by atoms with Gasteiger partial charge in [-0.25, -0.2) is 9.18 Å². The number of hydrogen-bond donors (Lipinski definition) is 2. The van der Waals surface area contributed by atoms with E-state index < -0.39 is 6.09 Å². The Morgan fingerprint density at radius 3 is 2.31 bits per heavy atom. The Morgan fingerprint density at radius 2 is 1.66 bits per heavy atom. The largest absolute Gasteiger partial charge is 0.508 e. The van der Waals surface area contributed by atoms with Crippen molar-refractivity contribution in [2.75, 3.05) is 19.7 Å². The molecule has 4 rings (SSSR count). The molecule has 1 amide bonds. The number of piperidine rings is 1. The fourth-order valence-electron chi connectivity index (χ4n) is 4.36. The summed E-state index contributed by atoms with van der Waals surface area (Å²) in [7, 11) is 0. The highest BCUT2D eigenvalue weighted by Gasteiger charge is 2.37. The average molecular weight is 435 g/mol. The van der Waals surface area contributed by atoms with Gasteiger partial charge in [-0.15, -0.1) is 0 Å². The van der Waals surface area contributed by atoms with Crippen molar-refractivity contribution in [3.8, 4) is 16.9 Å². The number of ether oxygens (including phenoxy) is 1. The summed E-state index contributed by atoms with van der Waals surface area (Å²) in [5.41, 5.74) is 3.30. The normalized spacial score (nSPS) is 15.5. The van der Waals surface area contributed by atoms with Gasteiger partial charge < -0.3 is 19.8 Å². The Hall–Kier alpha value is -3.38. The molecule has 2 N–H and O–H groups in total. The van der Waals surface area contributed by atoms with Gasteiger partial charge >= 0.3 is 6.09 Å². The maximum absolute atomic E-state index is 13.2. The fraction of sp³-hybridized carbons (Fsp3) is 0.269. The number of nitrogens with zero attached hydrogens (tertiary/aromatic N) is 1. The van der Waals surface area contributed by atoms with Crippen molar-refractivity contribution in [1.29, 1.82) is 0 Å². The van der Waals surface area contributed by atoms with Gasteiger partial charge in [-0.3, -0.25) is 0 Å². The molecule has 0 atom stereocenters. The molecule has 0 bridgehead atoms. The quantitative estimate of drug-likeness (QED) is 0.542. The average Bonchev–Trinajstić information content (AvgIpc) is 2.80. The lowest BCUT2D eigenvalue weighted by molar-refractivity contribution is 0.0368. The Kier molecular flexibility index (Phi) is 6.42. The number of carbonyl (C=O) groups is 1. The first kappa shape index (κ1) is 21.8. The van der Waals surface area contributed by atoms with Crippen molar-refractivity contribution in [2.45, 2.75) is 24.9 Å². The van der Waals surface area contributed by atoms with Crippen LogP contribution in [0.4, 0.5) is 9.18 Å². The minimum atomic E-state index is -0.888. The van der Waals surface area contributed by atoms with E-state index in [2.05, 4.69) is 12.1 Å². The lowest BCUT2D eigenvalue weighted by atomic mass is 9.73. The first-order chi connectivity index (χ1) is 15.4. The molecule has 0 spiro atoms. The molecule has 5 nitrogen and oxygen atoms in total. The summed E-state index contributed by atoms with van der Waals surface area (Å²) in [6, 6.07) is 21.5. The molecule has 1 heterocycles. The second kappa shape index (κ2) is 9.40. The number of halogens is 1. The second-order valence-corrected chi connectivity index (χ2v) is 8.30. The van der Waals surface area contributed by atoms with Gasteiger partial charge in [-0.1, -0.05) is 42.5 Å². The zero-order chi connectivity index (χ0) is 22.6. The Labute approximate surface area is 186 Å². The molecule has 1 saturated heterocycles. The third-order valence-electron chi connectivity index (χ3n) is 6.18. The van der Waals surface area contributed by atoms with Crippen molar-refractivity contribution in [3.63, 3.8) is 0 Å². The SMILES string of the molecule is O=C(O)N1CCC(COCc2cc(O)cc(-c3ccc(F)cc3)c2)(c2ccccc2)CC1. The molecular formula is C26H26FNO4. The third-order valence-corrected chi connectivity index (χ3v) is 6.18. The van der Waals surface area contributed by atoms with E-state index in [1.54, 1.807) is 24.3 Å². The summed E-state index contributed by atoms with van der Waals surface area (Å²) in [5, 5.41) is 19.5. The minimum absolute atomic E-state index is 0.123. The van der Waals surface area contributed by atoms with Crippen LogP contribution in [0.2, 0.25) is 0 Å². The lowest BCUT2D eigenvalue weighted by Crippen LogP contribution is -2.46. The predicted octanol–water partition coefficient (Wildman–Crippen LogP) is 5.43. The number of carboxylic acid groups (broad SMARTS) is 1. The lowest BCUT2D eigenvalue weighted by Gasteiger charge is -2.41. The third kappa shape index (κ3) is 4.92. The first-order valence-corrected chi connectivity index (χ1v) is 10.7. The number of benzene rings is 3. The predicted molar refractivity (Wildman–Crippen MR) is 120 cm³/mol. The summed E-state index contributed by atoms with van der Waals surface area (Å²) >= 11 is 0. The van der Waals surface area contributed by atoms with E-state index >= 15 is 0 Å². The zero-order valence-corrected chi connectivity index (χ0v) is 17.7. The van der Waals surface area contributed by atoms with E-state index in [0.717, 1.165) is 22.3 Å². The van der Waals surface area contributed by atoms with E-state index in [9.17, 15) is 19.4 Å². The molecule has 3 aromatic rings. The van der Waals surface area contributed by atoms with Gasteiger partial charge in [0.2, 0.25) is 0 Å². The molecule has 0 unspecified atom stereocenters. The van der Waals surface area contributed by atoms with Crippen molar-refractivity contribution in [2.24, 2.45) is 0 Å². The molecule has 1 aliphatic rings. The summed E-state index contributed by atoms with van der Waals surface area (Å²) in [5.74, 6) is -0.185. The van der Waals surface area contributed by atoms with Crippen LogP contribution in [0.1, 0.15) is 24.0 Å². The Bertz CT molecular complexity index is 1060. The fourth-order valence-corrected chi connectivity index (χ4v) is 4.36. The van der Waals surface area contributed by atoms with Crippen molar-refractivity contribution >= 4 is 6.09 Å². The standard InChI is InChI=1S/C26H26FNO4/c27-23-8-6-20(7-9-23)21-14-19(15-24(29)16-21)17-32-18-26(22-4-2-1-3-5-22)10-12-28(13-11-26)25(30)31/h1-9,14-16,29H,10-13,17-18H2,(H,30,31). The van der Waals surface area contributed by atoms with Gasteiger partial charge in [-0.05, 0) is 65.4 Å². The Balaban J connectivity index is 1.49. The highest BCUT2D eigenvalue weighted by atomic mass is 19.1. The summed E-state index contributed by atoms with van der Waals surface area (Å²) in [4.78, 5) is 12.8. The van der Waals surface area contributed by atoms with Gasteiger partial charge in [0, 0.05) is 18.5 Å². The van der Waals surface area contributed by atoms with Crippen LogP contribution in [0.25, 0.3) is 11.1 Å². The topological polar surface area (TPSA) is 70.0 Å². The van der Waals surface area contributed by atoms with Crippen LogP contribution in [0.5, 0.6) is 5.75 Å². The molecule has 32 heavy (non-hydrogen) atoms. The second-order valence-electron chi connectivity index (χ2n) is 8.30. The number of rotatable bonds is 6. The molecular weight excluding hydrogens is 409 g/mol.